The SMILES string of the molecule is O=C(Nc1ccc(SCc2cccnc2)cc1)c1ccc(CSC(F)F)o1. The number of alkyl halides is 2. The molecule has 0 unspecified atom stereocenters. The predicted octanol–water partition coefficient (Wildman–Crippen LogP) is 5.68. The average molecular weight is 406 g/mol. The molecule has 0 spiro atoms. The number of pyridine rings is 1. The van der Waals surface area contributed by atoms with E-state index in [9.17, 15) is 13.6 Å². The monoisotopic (exact) mass is 406 g/mol. The van der Waals surface area contributed by atoms with E-state index in [2.05, 4.69) is 10.3 Å². The van der Waals surface area contributed by atoms with Crippen LogP contribution < -0.4 is 5.32 Å². The van der Waals surface area contributed by atoms with Crippen molar-refractivity contribution in [3.63, 3.8) is 0 Å². The highest BCUT2D eigenvalue weighted by atomic mass is 32.2. The number of amides is 1. The zero-order valence-electron chi connectivity index (χ0n) is 14.1. The van der Waals surface area contributed by atoms with E-state index in [1.165, 1.54) is 12.1 Å². The zero-order chi connectivity index (χ0) is 19.1. The van der Waals surface area contributed by atoms with E-state index in [4.69, 9.17) is 4.42 Å². The van der Waals surface area contributed by atoms with Gasteiger partial charge in [0.05, 0.1) is 5.75 Å². The second-order valence-electron chi connectivity index (χ2n) is 5.47. The van der Waals surface area contributed by atoms with Gasteiger partial charge in [-0.2, -0.15) is 8.78 Å². The number of furan rings is 1. The number of halogens is 2. The first-order chi connectivity index (χ1) is 13.1. The molecule has 8 heteroatoms. The first-order valence-electron chi connectivity index (χ1n) is 8.02. The van der Waals surface area contributed by atoms with Crippen LogP contribution in [0.1, 0.15) is 21.9 Å². The molecule has 0 saturated carbocycles. The van der Waals surface area contributed by atoms with Crippen LogP contribution in [0.4, 0.5) is 14.5 Å². The van der Waals surface area contributed by atoms with Crippen molar-refractivity contribution < 1.29 is 18.0 Å². The van der Waals surface area contributed by atoms with E-state index >= 15 is 0 Å². The number of hydrogen-bond acceptors (Lipinski definition) is 5. The Morgan fingerprint density at radius 2 is 1.93 bits per heavy atom. The second kappa shape index (κ2) is 9.57. The Labute approximate surface area is 163 Å². The number of aromatic nitrogens is 1. The molecule has 27 heavy (non-hydrogen) atoms. The summed E-state index contributed by atoms with van der Waals surface area (Å²) in [7, 11) is 0. The van der Waals surface area contributed by atoms with Crippen LogP contribution in [0.3, 0.4) is 0 Å². The lowest BCUT2D eigenvalue weighted by atomic mass is 10.3. The van der Waals surface area contributed by atoms with Crippen molar-refractivity contribution in [1.29, 1.82) is 0 Å². The molecular formula is C19H16F2N2O2S2. The first-order valence-corrected chi connectivity index (χ1v) is 10.0. The van der Waals surface area contributed by atoms with Crippen LogP contribution in [0.2, 0.25) is 0 Å². The van der Waals surface area contributed by atoms with Crippen LogP contribution in [0, 0.1) is 0 Å². The number of hydrogen-bond donors (Lipinski definition) is 1. The third kappa shape index (κ3) is 6.11. The summed E-state index contributed by atoms with van der Waals surface area (Å²) >= 11 is 2.13. The van der Waals surface area contributed by atoms with Crippen LogP contribution in [0.25, 0.3) is 0 Å². The number of anilines is 1. The van der Waals surface area contributed by atoms with Gasteiger partial charge in [-0.05, 0) is 48.0 Å². The van der Waals surface area contributed by atoms with Crippen LogP contribution in [-0.4, -0.2) is 16.6 Å². The maximum Gasteiger partial charge on any atom is 0.291 e. The summed E-state index contributed by atoms with van der Waals surface area (Å²) in [6.07, 6.45) is 3.57. The van der Waals surface area contributed by atoms with Gasteiger partial charge in [-0.3, -0.25) is 9.78 Å². The summed E-state index contributed by atoms with van der Waals surface area (Å²) in [6, 6.07) is 14.4. The molecule has 2 heterocycles. The molecule has 0 fully saturated rings. The molecule has 1 N–H and O–H groups in total. The van der Waals surface area contributed by atoms with E-state index in [0.717, 1.165) is 16.2 Å². The number of carbonyl (C=O) groups is 1. The Balaban J connectivity index is 1.52. The molecule has 0 aliphatic carbocycles. The summed E-state index contributed by atoms with van der Waals surface area (Å²) in [6.45, 7) is 0. The zero-order valence-corrected chi connectivity index (χ0v) is 15.7. The fraction of sp³-hybridized carbons (Fsp3) is 0.158. The molecule has 3 aromatic rings. The molecule has 0 bridgehead atoms. The van der Waals surface area contributed by atoms with Crippen molar-refractivity contribution in [3.8, 4) is 0 Å². The normalized spacial score (nSPS) is 10.9. The molecule has 3 rings (SSSR count). The van der Waals surface area contributed by atoms with Gasteiger partial charge in [0.25, 0.3) is 11.7 Å². The summed E-state index contributed by atoms with van der Waals surface area (Å²) in [5.74, 6) is -1.62. The Hall–Kier alpha value is -2.32. The van der Waals surface area contributed by atoms with Crippen molar-refractivity contribution in [2.45, 2.75) is 22.2 Å². The van der Waals surface area contributed by atoms with E-state index in [-0.39, 0.29) is 11.5 Å². The first kappa shape index (κ1) is 19.4. The molecule has 0 aliphatic rings. The van der Waals surface area contributed by atoms with Crippen LogP contribution in [-0.2, 0) is 11.5 Å². The van der Waals surface area contributed by atoms with E-state index in [0.29, 0.717) is 23.2 Å². The summed E-state index contributed by atoms with van der Waals surface area (Å²) in [5.41, 5.74) is 1.77. The highest BCUT2D eigenvalue weighted by molar-refractivity contribution is 7.98. The fourth-order valence-corrected chi connectivity index (χ4v) is 3.48. The van der Waals surface area contributed by atoms with Gasteiger partial charge < -0.3 is 9.73 Å². The van der Waals surface area contributed by atoms with Crippen LogP contribution in [0.15, 0.2) is 70.2 Å². The molecule has 0 atom stereocenters. The topological polar surface area (TPSA) is 55.1 Å². The van der Waals surface area contributed by atoms with Gasteiger partial charge in [0.1, 0.15) is 5.76 Å². The van der Waals surface area contributed by atoms with Gasteiger partial charge in [0.15, 0.2) is 5.76 Å². The molecule has 0 aliphatic heterocycles. The second-order valence-corrected chi connectivity index (χ2v) is 7.49. The van der Waals surface area contributed by atoms with Crippen molar-refractivity contribution in [3.05, 3.63) is 78.0 Å². The number of nitrogens with zero attached hydrogens (tertiary/aromatic N) is 1. The Morgan fingerprint density at radius 3 is 2.63 bits per heavy atom. The molecule has 4 nitrogen and oxygen atoms in total. The van der Waals surface area contributed by atoms with Gasteiger partial charge in [0.2, 0.25) is 0 Å². The lowest BCUT2D eigenvalue weighted by molar-refractivity contribution is 0.0995. The Morgan fingerprint density at radius 1 is 1.11 bits per heavy atom. The Kier molecular flexibility index (Phi) is 6.89. The lowest BCUT2D eigenvalue weighted by Crippen LogP contribution is -2.10. The van der Waals surface area contributed by atoms with Gasteiger partial charge in [-0.15, -0.1) is 11.8 Å². The number of rotatable bonds is 8. The minimum Gasteiger partial charge on any atom is -0.455 e. The minimum absolute atomic E-state index is 0.0216. The largest absolute Gasteiger partial charge is 0.455 e. The fourth-order valence-electron chi connectivity index (χ4n) is 2.20. The van der Waals surface area contributed by atoms with Crippen LogP contribution >= 0.6 is 23.5 Å². The molecule has 2 aromatic heterocycles. The highest BCUT2D eigenvalue weighted by Crippen LogP contribution is 2.25. The van der Waals surface area contributed by atoms with E-state index < -0.39 is 11.7 Å². The van der Waals surface area contributed by atoms with Crippen molar-refractivity contribution in [2.24, 2.45) is 0 Å². The maximum atomic E-state index is 12.2. The summed E-state index contributed by atoms with van der Waals surface area (Å²) in [4.78, 5) is 17.3. The number of benzene rings is 1. The van der Waals surface area contributed by atoms with E-state index in [1.54, 1.807) is 30.1 Å². The van der Waals surface area contributed by atoms with Gasteiger partial charge in [-0.25, -0.2) is 0 Å². The predicted molar refractivity (Wildman–Crippen MR) is 104 cm³/mol. The van der Waals surface area contributed by atoms with Gasteiger partial charge >= 0.3 is 0 Å². The molecule has 1 aromatic carbocycles. The molecule has 140 valence electrons. The third-order valence-electron chi connectivity index (χ3n) is 3.48. The standard InChI is InChI=1S/C19H16F2N2O2S2/c20-19(21)27-12-15-5-8-17(25-15)18(24)23-14-3-6-16(7-4-14)26-11-13-2-1-9-22-10-13/h1-10,19H,11-12H2,(H,23,24). The van der Waals surface area contributed by atoms with Crippen molar-refractivity contribution in [1.82, 2.24) is 4.98 Å². The molecule has 1 amide bonds. The van der Waals surface area contributed by atoms with Gasteiger partial charge in [0, 0.05) is 28.7 Å². The molecule has 0 saturated heterocycles. The minimum atomic E-state index is -2.47. The smallest absolute Gasteiger partial charge is 0.291 e. The molecular weight excluding hydrogens is 390 g/mol. The molecule has 0 radical (unpaired) electrons. The van der Waals surface area contributed by atoms with Gasteiger partial charge in [-0.1, -0.05) is 17.8 Å². The Bertz CT molecular complexity index is 871. The van der Waals surface area contributed by atoms with Crippen molar-refractivity contribution in [2.75, 3.05) is 5.32 Å². The number of thioether (sulfide) groups is 2. The number of carbonyl (C=O) groups excluding carboxylic acids is 1. The van der Waals surface area contributed by atoms with Crippen molar-refractivity contribution >= 4 is 35.1 Å². The lowest BCUT2D eigenvalue weighted by Gasteiger charge is -2.05. The van der Waals surface area contributed by atoms with E-state index in [1.807, 2.05) is 30.5 Å². The third-order valence-corrected chi connectivity index (χ3v) is 5.26. The summed E-state index contributed by atoms with van der Waals surface area (Å²) in [5, 5.41) is 2.73. The maximum absolute atomic E-state index is 12.2. The average Bonchev–Trinajstić information content (AvgIpc) is 3.16. The highest BCUT2D eigenvalue weighted by Gasteiger charge is 2.13. The van der Waals surface area contributed by atoms with Crippen LogP contribution in [0.5, 0.6) is 0 Å². The quantitative estimate of drug-likeness (QED) is 0.488. The number of nitrogens with one attached hydrogen (secondary N) is 1. The summed E-state index contributed by atoms with van der Waals surface area (Å²) < 4.78 is 29.7.